The number of amides is 1. The molecule has 2 aliphatic rings. The molecule has 0 radical (unpaired) electrons. The normalized spacial score (nSPS) is 26.0. The van der Waals surface area contributed by atoms with Crippen molar-refractivity contribution >= 4 is 15.9 Å². The van der Waals surface area contributed by atoms with Crippen LogP contribution >= 0.6 is 0 Å². The van der Waals surface area contributed by atoms with Crippen LogP contribution in [-0.2, 0) is 14.8 Å². The Balaban J connectivity index is 1.85. The fourth-order valence-corrected chi connectivity index (χ4v) is 4.35. The lowest BCUT2D eigenvalue weighted by Gasteiger charge is -2.42. The summed E-state index contributed by atoms with van der Waals surface area (Å²) in [6.07, 6.45) is 6.49. The molecule has 114 valence electrons. The highest BCUT2D eigenvalue weighted by molar-refractivity contribution is 7.88. The maximum Gasteiger partial charge on any atom is 0.221 e. The van der Waals surface area contributed by atoms with Crippen LogP contribution in [0.2, 0.25) is 0 Å². The molecule has 21 heavy (non-hydrogen) atoms. The zero-order valence-electron chi connectivity index (χ0n) is 11.9. The summed E-state index contributed by atoms with van der Waals surface area (Å²) in [5.74, 6) is 0.108. The van der Waals surface area contributed by atoms with Crippen molar-refractivity contribution in [3.05, 3.63) is 30.1 Å². The molecule has 2 aliphatic heterocycles. The number of aromatic nitrogens is 1. The molecule has 3 heterocycles. The molecular weight excluding hydrogens is 290 g/mol. The van der Waals surface area contributed by atoms with E-state index in [2.05, 4.69) is 10.3 Å². The molecule has 3 rings (SSSR count). The average molecular weight is 309 g/mol. The van der Waals surface area contributed by atoms with E-state index in [1.807, 2.05) is 12.1 Å². The molecule has 0 aromatic carbocycles. The van der Waals surface area contributed by atoms with Crippen molar-refractivity contribution in [1.29, 1.82) is 0 Å². The van der Waals surface area contributed by atoms with E-state index in [0.717, 1.165) is 5.56 Å². The number of nitrogens with zero attached hydrogens (tertiary/aromatic N) is 2. The molecule has 0 aliphatic carbocycles. The third-order valence-corrected chi connectivity index (χ3v) is 5.92. The molecule has 0 saturated carbocycles. The number of carbonyl (C=O) groups excluding carboxylic acids is 1. The molecule has 0 bridgehead atoms. The molecule has 1 unspecified atom stereocenters. The summed E-state index contributed by atoms with van der Waals surface area (Å²) >= 11 is 0. The lowest BCUT2D eigenvalue weighted by atomic mass is 9.75. The van der Waals surface area contributed by atoms with Gasteiger partial charge in [-0.3, -0.25) is 9.78 Å². The smallest absolute Gasteiger partial charge is 0.221 e. The Labute approximate surface area is 124 Å². The first-order valence-corrected chi connectivity index (χ1v) is 8.92. The van der Waals surface area contributed by atoms with Gasteiger partial charge in [0.25, 0.3) is 0 Å². The van der Waals surface area contributed by atoms with E-state index in [4.69, 9.17) is 0 Å². The van der Waals surface area contributed by atoms with Crippen molar-refractivity contribution in [1.82, 2.24) is 14.6 Å². The van der Waals surface area contributed by atoms with Crippen LogP contribution in [0.15, 0.2) is 24.5 Å². The summed E-state index contributed by atoms with van der Waals surface area (Å²) in [5.41, 5.74) is 0.713. The predicted octanol–water partition coefficient (Wildman–Crippen LogP) is 0.479. The number of hydrogen-bond acceptors (Lipinski definition) is 4. The topological polar surface area (TPSA) is 79.4 Å². The highest BCUT2D eigenvalue weighted by Crippen LogP contribution is 2.43. The van der Waals surface area contributed by atoms with E-state index < -0.39 is 10.0 Å². The average Bonchev–Trinajstić information content (AvgIpc) is 2.76. The standard InChI is InChI=1S/C14H19N3O3S/c1-21(19,20)17-7-4-14(5-8-17)12(9-13(18)16-14)11-3-2-6-15-10-11/h2-3,6,10,12H,4-5,7-9H2,1H3,(H,16,18). The van der Waals surface area contributed by atoms with Crippen LogP contribution in [-0.4, -0.2) is 48.5 Å². The van der Waals surface area contributed by atoms with Crippen LogP contribution < -0.4 is 5.32 Å². The molecule has 7 heteroatoms. The number of sulfonamides is 1. The third kappa shape index (κ3) is 2.67. The van der Waals surface area contributed by atoms with Gasteiger partial charge < -0.3 is 5.32 Å². The second-order valence-electron chi connectivity index (χ2n) is 5.91. The van der Waals surface area contributed by atoms with E-state index in [-0.39, 0.29) is 17.4 Å². The van der Waals surface area contributed by atoms with Gasteiger partial charge in [0.1, 0.15) is 0 Å². The second kappa shape index (κ2) is 5.06. The van der Waals surface area contributed by atoms with Gasteiger partial charge in [0.2, 0.25) is 15.9 Å². The number of carbonyl (C=O) groups is 1. The minimum Gasteiger partial charge on any atom is -0.350 e. The summed E-state index contributed by atoms with van der Waals surface area (Å²) in [6.45, 7) is 0.908. The van der Waals surface area contributed by atoms with Gasteiger partial charge in [-0.05, 0) is 24.5 Å². The van der Waals surface area contributed by atoms with Crippen LogP contribution in [0.1, 0.15) is 30.7 Å². The number of pyridine rings is 1. The molecule has 1 N–H and O–H groups in total. The van der Waals surface area contributed by atoms with E-state index in [0.29, 0.717) is 32.4 Å². The molecule has 1 aromatic rings. The quantitative estimate of drug-likeness (QED) is 0.862. The fraction of sp³-hybridized carbons (Fsp3) is 0.571. The van der Waals surface area contributed by atoms with Gasteiger partial charge in [-0.1, -0.05) is 6.07 Å². The fourth-order valence-electron chi connectivity index (χ4n) is 3.51. The summed E-state index contributed by atoms with van der Waals surface area (Å²) in [6, 6.07) is 3.86. The van der Waals surface area contributed by atoms with Gasteiger partial charge in [-0.15, -0.1) is 0 Å². The Hall–Kier alpha value is -1.47. The minimum atomic E-state index is -3.16. The summed E-state index contributed by atoms with van der Waals surface area (Å²) < 4.78 is 24.8. The van der Waals surface area contributed by atoms with Crippen LogP contribution in [0.25, 0.3) is 0 Å². The molecule has 1 atom stereocenters. The van der Waals surface area contributed by atoms with Crippen molar-refractivity contribution in [3.63, 3.8) is 0 Å². The maximum atomic E-state index is 11.9. The first-order valence-electron chi connectivity index (χ1n) is 7.07. The van der Waals surface area contributed by atoms with Crippen LogP contribution in [0.3, 0.4) is 0 Å². The Morgan fingerprint density at radius 3 is 2.67 bits per heavy atom. The molecule has 1 amide bonds. The minimum absolute atomic E-state index is 0.0386. The van der Waals surface area contributed by atoms with Gasteiger partial charge in [0.05, 0.1) is 6.26 Å². The molecular formula is C14H19N3O3S. The zero-order chi connectivity index (χ0) is 15.1. The van der Waals surface area contributed by atoms with E-state index >= 15 is 0 Å². The zero-order valence-corrected chi connectivity index (χ0v) is 12.8. The van der Waals surface area contributed by atoms with E-state index in [1.165, 1.54) is 10.6 Å². The predicted molar refractivity (Wildman–Crippen MR) is 78.1 cm³/mol. The van der Waals surface area contributed by atoms with Gasteiger partial charge in [-0.2, -0.15) is 0 Å². The van der Waals surface area contributed by atoms with Gasteiger partial charge >= 0.3 is 0 Å². The van der Waals surface area contributed by atoms with Crippen LogP contribution in [0.4, 0.5) is 0 Å². The summed E-state index contributed by atoms with van der Waals surface area (Å²) in [4.78, 5) is 16.1. The highest BCUT2D eigenvalue weighted by atomic mass is 32.2. The molecule has 1 aromatic heterocycles. The lowest BCUT2D eigenvalue weighted by Crippen LogP contribution is -2.54. The van der Waals surface area contributed by atoms with Crippen molar-refractivity contribution in [2.75, 3.05) is 19.3 Å². The Kier molecular flexibility index (Phi) is 3.49. The first kappa shape index (κ1) is 14.5. The monoisotopic (exact) mass is 309 g/mol. The lowest BCUT2D eigenvalue weighted by molar-refractivity contribution is -0.120. The van der Waals surface area contributed by atoms with E-state index in [9.17, 15) is 13.2 Å². The third-order valence-electron chi connectivity index (χ3n) is 4.62. The largest absolute Gasteiger partial charge is 0.350 e. The van der Waals surface area contributed by atoms with Crippen molar-refractivity contribution in [2.45, 2.75) is 30.7 Å². The van der Waals surface area contributed by atoms with Crippen LogP contribution in [0, 0.1) is 0 Å². The summed E-state index contributed by atoms with van der Waals surface area (Å²) in [5, 5.41) is 3.10. The first-order chi connectivity index (χ1) is 9.91. The second-order valence-corrected chi connectivity index (χ2v) is 7.89. The molecule has 2 saturated heterocycles. The molecule has 6 nitrogen and oxygen atoms in total. The van der Waals surface area contributed by atoms with Crippen molar-refractivity contribution in [3.8, 4) is 0 Å². The van der Waals surface area contributed by atoms with Crippen LogP contribution in [0.5, 0.6) is 0 Å². The Bertz CT molecular complexity index is 637. The Morgan fingerprint density at radius 2 is 2.10 bits per heavy atom. The maximum absolute atomic E-state index is 11.9. The van der Waals surface area contributed by atoms with Crippen molar-refractivity contribution in [2.24, 2.45) is 0 Å². The van der Waals surface area contributed by atoms with E-state index in [1.54, 1.807) is 12.4 Å². The number of piperidine rings is 1. The number of rotatable bonds is 2. The SMILES string of the molecule is CS(=O)(=O)N1CCC2(CC1)NC(=O)CC2c1cccnc1. The number of nitrogens with one attached hydrogen (secondary N) is 1. The number of hydrogen-bond donors (Lipinski definition) is 1. The Morgan fingerprint density at radius 1 is 1.38 bits per heavy atom. The van der Waals surface area contributed by atoms with Gasteiger partial charge in [0, 0.05) is 43.4 Å². The van der Waals surface area contributed by atoms with Gasteiger partial charge in [-0.25, -0.2) is 12.7 Å². The molecule has 2 fully saturated rings. The highest BCUT2D eigenvalue weighted by Gasteiger charge is 2.49. The van der Waals surface area contributed by atoms with Crippen molar-refractivity contribution < 1.29 is 13.2 Å². The molecule has 1 spiro atoms. The summed E-state index contributed by atoms with van der Waals surface area (Å²) in [7, 11) is -3.16. The van der Waals surface area contributed by atoms with Gasteiger partial charge in [0.15, 0.2) is 0 Å².